The number of amides is 1. The Hall–Kier alpha value is -1.30. The SMILES string of the molecule is CC(C)(C)OC(=O)C(CN)NC(=O)OCC12CC3CC(CC(C3)C1)C2. The molecule has 0 aromatic rings. The molecule has 4 bridgehead atoms. The monoisotopic (exact) mass is 352 g/mol. The fraction of sp³-hybridized carbons (Fsp3) is 0.895. The summed E-state index contributed by atoms with van der Waals surface area (Å²) < 4.78 is 10.8. The van der Waals surface area contributed by atoms with Crippen LogP contribution in [0.1, 0.15) is 59.3 Å². The molecule has 6 heteroatoms. The molecule has 4 saturated carbocycles. The molecule has 1 atom stereocenters. The van der Waals surface area contributed by atoms with Crippen molar-refractivity contribution in [3.05, 3.63) is 0 Å². The number of hydrogen-bond donors (Lipinski definition) is 2. The normalized spacial score (nSPS) is 34.5. The third-order valence-electron chi connectivity index (χ3n) is 5.89. The van der Waals surface area contributed by atoms with E-state index in [9.17, 15) is 9.59 Å². The molecule has 0 aliphatic heterocycles. The number of hydrogen-bond acceptors (Lipinski definition) is 5. The lowest BCUT2D eigenvalue weighted by atomic mass is 9.50. The van der Waals surface area contributed by atoms with Gasteiger partial charge < -0.3 is 20.5 Å². The highest BCUT2D eigenvalue weighted by Crippen LogP contribution is 2.60. The van der Waals surface area contributed by atoms with Crippen molar-refractivity contribution < 1.29 is 19.1 Å². The van der Waals surface area contributed by atoms with Crippen LogP contribution in [0.2, 0.25) is 0 Å². The molecule has 6 nitrogen and oxygen atoms in total. The number of ether oxygens (including phenoxy) is 2. The van der Waals surface area contributed by atoms with Gasteiger partial charge in [0.25, 0.3) is 0 Å². The van der Waals surface area contributed by atoms with E-state index in [1.54, 1.807) is 20.8 Å². The molecule has 0 heterocycles. The lowest BCUT2D eigenvalue weighted by molar-refractivity contribution is -0.157. The second kappa shape index (κ2) is 6.78. The average Bonchev–Trinajstić information content (AvgIpc) is 2.47. The Morgan fingerprint density at radius 2 is 1.64 bits per heavy atom. The van der Waals surface area contributed by atoms with Crippen molar-refractivity contribution in [1.29, 1.82) is 0 Å². The van der Waals surface area contributed by atoms with Gasteiger partial charge in [-0.3, -0.25) is 0 Å². The summed E-state index contributed by atoms with van der Waals surface area (Å²) in [7, 11) is 0. The fourth-order valence-corrected chi connectivity index (χ4v) is 5.46. The minimum atomic E-state index is -0.872. The largest absolute Gasteiger partial charge is 0.458 e. The molecule has 4 aliphatic carbocycles. The summed E-state index contributed by atoms with van der Waals surface area (Å²) in [6.45, 7) is 5.78. The van der Waals surface area contributed by atoms with Gasteiger partial charge in [0.1, 0.15) is 11.6 Å². The number of nitrogens with one attached hydrogen (secondary N) is 1. The summed E-state index contributed by atoms with van der Waals surface area (Å²) >= 11 is 0. The molecule has 4 fully saturated rings. The van der Waals surface area contributed by atoms with E-state index in [1.165, 1.54) is 38.5 Å². The van der Waals surface area contributed by atoms with E-state index in [0.717, 1.165) is 17.8 Å². The van der Waals surface area contributed by atoms with Crippen LogP contribution in [0.3, 0.4) is 0 Å². The Morgan fingerprint density at radius 1 is 1.12 bits per heavy atom. The van der Waals surface area contributed by atoms with Gasteiger partial charge >= 0.3 is 12.1 Å². The number of rotatable bonds is 5. The molecule has 0 radical (unpaired) electrons. The van der Waals surface area contributed by atoms with Crippen LogP contribution in [0.4, 0.5) is 4.79 Å². The van der Waals surface area contributed by atoms with Crippen molar-refractivity contribution in [1.82, 2.24) is 5.32 Å². The first-order valence-electron chi connectivity index (χ1n) is 9.54. The minimum absolute atomic E-state index is 0.0125. The van der Waals surface area contributed by atoms with Crippen molar-refractivity contribution in [2.45, 2.75) is 70.9 Å². The summed E-state index contributed by atoms with van der Waals surface area (Å²) in [5, 5.41) is 2.56. The highest BCUT2D eigenvalue weighted by atomic mass is 16.6. The van der Waals surface area contributed by atoms with Gasteiger partial charge in [-0.25, -0.2) is 9.59 Å². The maximum Gasteiger partial charge on any atom is 0.407 e. The number of nitrogens with two attached hydrogens (primary N) is 1. The molecule has 4 rings (SSSR count). The summed E-state index contributed by atoms with van der Waals surface area (Å²) in [6.07, 6.45) is 7.05. The first-order chi connectivity index (χ1) is 11.7. The number of esters is 1. The topological polar surface area (TPSA) is 90.6 Å². The fourth-order valence-electron chi connectivity index (χ4n) is 5.46. The van der Waals surface area contributed by atoms with E-state index in [2.05, 4.69) is 5.32 Å². The van der Waals surface area contributed by atoms with Crippen molar-refractivity contribution >= 4 is 12.1 Å². The Balaban J connectivity index is 1.50. The Morgan fingerprint density at radius 3 is 2.08 bits per heavy atom. The minimum Gasteiger partial charge on any atom is -0.458 e. The molecular weight excluding hydrogens is 320 g/mol. The van der Waals surface area contributed by atoms with Crippen molar-refractivity contribution in [3.8, 4) is 0 Å². The number of carbonyl (C=O) groups excluding carboxylic acids is 2. The first-order valence-corrected chi connectivity index (χ1v) is 9.54. The lowest BCUT2D eigenvalue weighted by Crippen LogP contribution is -2.51. The van der Waals surface area contributed by atoms with Crippen LogP contribution >= 0.6 is 0 Å². The lowest BCUT2D eigenvalue weighted by Gasteiger charge is -2.56. The van der Waals surface area contributed by atoms with Gasteiger partial charge in [-0.05, 0) is 77.0 Å². The van der Waals surface area contributed by atoms with Gasteiger partial charge in [-0.15, -0.1) is 0 Å². The molecule has 0 aromatic heterocycles. The number of alkyl carbamates (subject to hydrolysis) is 1. The quantitative estimate of drug-likeness (QED) is 0.742. The third kappa shape index (κ3) is 4.46. The maximum atomic E-state index is 12.2. The second-order valence-corrected chi connectivity index (χ2v) is 9.46. The molecule has 1 unspecified atom stereocenters. The second-order valence-electron chi connectivity index (χ2n) is 9.46. The predicted octanol–water partition coefficient (Wildman–Crippen LogP) is 2.60. The van der Waals surface area contributed by atoms with E-state index in [4.69, 9.17) is 15.2 Å². The zero-order valence-corrected chi connectivity index (χ0v) is 15.7. The van der Waals surface area contributed by atoms with E-state index in [0.29, 0.717) is 6.61 Å². The predicted molar refractivity (Wildman–Crippen MR) is 93.8 cm³/mol. The highest BCUT2D eigenvalue weighted by Gasteiger charge is 2.51. The van der Waals surface area contributed by atoms with Crippen molar-refractivity contribution in [2.75, 3.05) is 13.2 Å². The molecular formula is C19H32N2O4. The van der Waals surface area contributed by atoms with E-state index in [-0.39, 0.29) is 12.0 Å². The standard InChI is InChI=1S/C19H32N2O4/c1-18(2,3)25-16(22)15(10-20)21-17(23)24-11-19-7-12-4-13(8-19)6-14(5-12)9-19/h12-15H,4-11,20H2,1-3H3,(H,21,23). The third-order valence-corrected chi connectivity index (χ3v) is 5.89. The summed E-state index contributed by atoms with van der Waals surface area (Å²) in [6, 6.07) is -0.872. The molecule has 0 spiro atoms. The molecule has 4 aliphatic rings. The van der Waals surface area contributed by atoms with E-state index < -0.39 is 23.7 Å². The van der Waals surface area contributed by atoms with Gasteiger partial charge in [0.15, 0.2) is 0 Å². The van der Waals surface area contributed by atoms with Gasteiger partial charge in [-0.1, -0.05) is 0 Å². The molecule has 0 saturated heterocycles. The van der Waals surface area contributed by atoms with Crippen molar-refractivity contribution in [2.24, 2.45) is 28.9 Å². The maximum absolute atomic E-state index is 12.2. The van der Waals surface area contributed by atoms with Gasteiger partial charge in [0, 0.05) is 12.0 Å². The van der Waals surface area contributed by atoms with Crippen LogP contribution in [0.15, 0.2) is 0 Å². The molecule has 3 N–H and O–H groups in total. The zero-order valence-electron chi connectivity index (χ0n) is 15.7. The highest BCUT2D eigenvalue weighted by molar-refractivity contribution is 5.81. The molecule has 0 aromatic carbocycles. The Bertz CT molecular complexity index is 491. The van der Waals surface area contributed by atoms with E-state index >= 15 is 0 Å². The first kappa shape index (κ1) is 18.5. The van der Waals surface area contributed by atoms with Crippen LogP contribution in [-0.2, 0) is 14.3 Å². The van der Waals surface area contributed by atoms with Crippen molar-refractivity contribution in [3.63, 3.8) is 0 Å². The summed E-state index contributed by atoms with van der Waals surface area (Å²) in [5.74, 6) is 1.92. The van der Waals surface area contributed by atoms with Crippen LogP contribution in [0.5, 0.6) is 0 Å². The van der Waals surface area contributed by atoms with E-state index in [1.807, 2.05) is 0 Å². The van der Waals surface area contributed by atoms with Gasteiger partial charge in [0.05, 0.1) is 6.61 Å². The van der Waals surface area contributed by atoms with Crippen LogP contribution < -0.4 is 11.1 Å². The Kier molecular flexibility index (Phi) is 5.02. The zero-order chi connectivity index (χ0) is 18.2. The number of carbonyl (C=O) groups is 2. The van der Waals surface area contributed by atoms with Gasteiger partial charge in [-0.2, -0.15) is 0 Å². The molecule has 1 amide bonds. The molecule has 142 valence electrons. The smallest absolute Gasteiger partial charge is 0.407 e. The van der Waals surface area contributed by atoms with Crippen LogP contribution in [-0.4, -0.2) is 36.9 Å². The van der Waals surface area contributed by atoms with Crippen LogP contribution in [0, 0.1) is 23.2 Å². The average molecular weight is 352 g/mol. The van der Waals surface area contributed by atoms with Crippen LogP contribution in [0.25, 0.3) is 0 Å². The summed E-state index contributed by atoms with van der Waals surface area (Å²) in [5.41, 5.74) is 5.16. The summed E-state index contributed by atoms with van der Waals surface area (Å²) in [4.78, 5) is 24.3. The molecule has 25 heavy (non-hydrogen) atoms. The Labute approximate surface area is 150 Å². The van der Waals surface area contributed by atoms with Gasteiger partial charge in [0.2, 0.25) is 0 Å².